The highest BCUT2D eigenvalue weighted by Gasteiger charge is 2.23. The highest BCUT2D eigenvalue weighted by atomic mass is 19.3. The van der Waals surface area contributed by atoms with E-state index < -0.39 is 30.3 Å². The minimum Gasteiger partial charge on any atom is -0.503 e. The van der Waals surface area contributed by atoms with Crippen LogP contribution < -0.4 is 4.74 Å². The molecular formula is C9H9F2NO4. The molecule has 0 atom stereocenters. The molecule has 0 unspecified atom stereocenters. The fraction of sp³-hybridized carbons (Fsp3) is 0.333. The fourth-order valence-corrected chi connectivity index (χ4v) is 1.28. The van der Waals surface area contributed by atoms with Gasteiger partial charge in [0.2, 0.25) is 0 Å². The lowest BCUT2D eigenvalue weighted by atomic mass is 10.1. The van der Waals surface area contributed by atoms with Crippen molar-refractivity contribution in [3.8, 4) is 11.5 Å². The van der Waals surface area contributed by atoms with E-state index >= 15 is 0 Å². The molecule has 0 fully saturated rings. The van der Waals surface area contributed by atoms with Crippen LogP contribution in [0.5, 0.6) is 11.5 Å². The van der Waals surface area contributed by atoms with Gasteiger partial charge in [0.15, 0.2) is 11.5 Å². The first-order valence-corrected chi connectivity index (χ1v) is 4.22. The van der Waals surface area contributed by atoms with Crippen LogP contribution in [-0.4, -0.2) is 28.3 Å². The summed E-state index contributed by atoms with van der Waals surface area (Å²) in [4.78, 5) is 13.8. The molecule has 1 rings (SSSR count). The van der Waals surface area contributed by atoms with Crippen LogP contribution in [-0.2, 0) is 11.2 Å². The number of carboxylic acid groups (broad SMARTS) is 1. The standard InChI is InChI=1S/C9H9F2NO4/c1-16-8-4(2-6(14)15)7(9(10)11)12-3-5(8)13/h3,9,13H,2H2,1H3,(H,14,15). The van der Waals surface area contributed by atoms with E-state index in [1.807, 2.05) is 0 Å². The molecular weight excluding hydrogens is 224 g/mol. The van der Waals surface area contributed by atoms with E-state index in [9.17, 15) is 18.7 Å². The van der Waals surface area contributed by atoms with E-state index in [1.54, 1.807) is 0 Å². The first-order chi connectivity index (χ1) is 7.47. The van der Waals surface area contributed by atoms with Crippen molar-refractivity contribution in [3.63, 3.8) is 0 Å². The van der Waals surface area contributed by atoms with Gasteiger partial charge in [0.1, 0.15) is 5.69 Å². The molecule has 0 aromatic carbocycles. The van der Waals surface area contributed by atoms with Crippen LogP contribution in [0.15, 0.2) is 6.20 Å². The van der Waals surface area contributed by atoms with Gasteiger partial charge >= 0.3 is 5.97 Å². The summed E-state index contributed by atoms with van der Waals surface area (Å²) in [6.07, 6.45) is -2.82. The van der Waals surface area contributed by atoms with E-state index in [1.165, 1.54) is 0 Å². The van der Waals surface area contributed by atoms with Crippen molar-refractivity contribution >= 4 is 5.97 Å². The summed E-state index contributed by atoms with van der Waals surface area (Å²) in [5.74, 6) is -2.07. The summed E-state index contributed by atoms with van der Waals surface area (Å²) in [6, 6.07) is 0. The molecule has 1 aromatic rings. The monoisotopic (exact) mass is 233 g/mol. The first kappa shape index (κ1) is 12.2. The van der Waals surface area contributed by atoms with Gasteiger partial charge in [0.25, 0.3) is 6.43 Å². The van der Waals surface area contributed by atoms with Crippen LogP contribution in [0.4, 0.5) is 8.78 Å². The number of aromatic hydroxyl groups is 1. The Labute approximate surface area is 89.3 Å². The van der Waals surface area contributed by atoms with Gasteiger partial charge in [-0.2, -0.15) is 0 Å². The molecule has 16 heavy (non-hydrogen) atoms. The average molecular weight is 233 g/mol. The molecule has 1 heterocycles. The Hall–Kier alpha value is -1.92. The minimum absolute atomic E-state index is 0.285. The maximum atomic E-state index is 12.5. The lowest BCUT2D eigenvalue weighted by Gasteiger charge is -2.12. The molecule has 0 aliphatic rings. The van der Waals surface area contributed by atoms with Gasteiger partial charge in [0.05, 0.1) is 19.7 Å². The molecule has 88 valence electrons. The Bertz CT molecular complexity index is 409. The summed E-state index contributed by atoms with van der Waals surface area (Å²) in [5.41, 5.74) is -1.01. The first-order valence-electron chi connectivity index (χ1n) is 4.22. The number of hydrogen-bond donors (Lipinski definition) is 2. The highest BCUT2D eigenvalue weighted by Crippen LogP contribution is 2.35. The summed E-state index contributed by atoms with van der Waals surface area (Å²) < 4.78 is 29.7. The Balaban J connectivity index is 3.34. The molecule has 0 bridgehead atoms. The van der Waals surface area contributed by atoms with E-state index in [2.05, 4.69) is 9.72 Å². The smallest absolute Gasteiger partial charge is 0.308 e. The minimum atomic E-state index is -2.93. The van der Waals surface area contributed by atoms with Gasteiger partial charge in [-0.15, -0.1) is 0 Å². The quantitative estimate of drug-likeness (QED) is 0.820. The number of aliphatic carboxylic acids is 1. The summed E-state index contributed by atoms with van der Waals surface area (Å²) in [6.45, 7) is 0. The number of rotatable bonds is 4. The lowest BCUT2D eigenvalue weighted by Crippen LogP contribution is -2.08. The van der Waals surface area contributed by atoms with Crippen LogP contribution >= 0.6 is 0 Å². The number of carboxylic acids is 1. The topological polar surface area (TPSA) is 79.7 Å². The van der Waals surface area contributed by atoms with Crippen molar-refractivity contribution < 1.29 is 28.5 Å². The summed E-state index contributed by atoms with van der Waals surface area (Å²) in [5, 5.41) is 17.9. The van der Waals surface area contributed by atoms with Gasteiger partial charge in [-0.3, -0.25) is 9.78 Å². The number of alkyl halides is 2. The van der Waals surface area contributed by atoms with Crippen molar-refractivity contribution in [1.82, 2.24) is 4.98 Å². The Morgan fingerprint density at radius 1 is 1.62 bits per heavy atom. The zero-order valence-electron chi connectivity index (χ0n) is 8.28. The molecule has 0 aliphatic carbocycles. The maximum Gasteiger partial charge on any atom is 0.308 e. The third-order valence-electron chi connectivity index (χ3n) is 1.88. The number of halogens is 2. The maximum absolute atomic E-state index is 12.5. The van der Waals surface area contributed by atoms with Crippen molar-refractivity contribution in [1.29, 1.82) is 0 Å². The number of hydrogen-bond acceptors (Lipinski definition) is 4. The van der Waals surface area contributed by atoms with E-state index in [0.717, 1.165) is 13.3 Å². The van der Waals surface area contributed by atoms with Gasteiger partial charge in [-0.25, -0.2) is 8.78 Å². The molecule has 0 aliphatic heterocycles. The van der Waals surface area contributed by atoms with Gasteiger partial charge < -0.3 is 14.9 Å². The number of nitrogens with zero attached hydrogens (tertiary/aromatic N) is 1. The van der Waals surface area contributed by atoms with Crippen molar-refractivity contribution in [3.05, 3.63) is 17.5 Å². The van der Waals surface area contributed by atoms with E-state index in [4.69, 9.17) is 5.11 Å². The largest absolute Gasteiger partial charge is 0.503 e. The number of methoxy groups -OCH3 is 1. The van der Waals surface area contributed by atoms with E-state index in [-0.39, 0.29) is 11.3 Å². The van der Waals surface area contributed by atoms with Crippen molar-refractivity contribution in [2.24, 2.45) is 0 Å². The molecule has 2 N–H and O–H groups in total. The van der Waals surface area contributed by atoms with Crippen LogP contribution in [0.3, 0.4) is 0 Å². The predicted molar refractivity (Wildman–Crippen MR) is 48.8 cm³/mol. The van der Waals surface area contributed by atoms with Crippen LogP contribution in [0, 0.1) is 0 Å². The van der Waals surface area contributed by atoms with Gasteiger partial charge in [-0.05, 0) is 0 Å². The molecule has 0 saturated carbocycles. The Morgan fingerprint density at radius 2 is 2.25 bits per heavy atom. The number of carbonyl (C=O) groups is 1. The highest BCUT2D eigenvalue weighted by molar-refractivity contribution is 5.72. The third-order valence-corrected chi connectivity index (χ3v) is 1.88. The molecule has 0 radical (unpaired) electrons. The van der Waals surface area contributed by atoms with E-state index in [0.29, 0.717) is 0 Å². The second-order valence-electron chi connectivity index (χ2n) is 2.91. The molecule has 0 amide bonds. The number of pyridine rings is 1. The predicted octanol–water partition coefficient (Wildman–Crippen LogP) is 1.36. The normalized spacial score (nSPS) is 10.5. The second kappa shape index (κ2) is 4.73. The molecule has 7 heteroatoms. The fourth-order valence-electron chi connectivity index (χ4n) is 1.28. The Morgan fingerprint density at radius 3 is 2.69 bits per heavy atom. The molecule has 1 aromatic heterocycles. The van der Waals surface area contributed by atoms with Crippen LogP contribution in [0.25, 0.3) is 0 Å². The van der Waals surface area contributed by atoms with Crippen molar-refractivity contribution in [2.75, 3.05) is 7.11 Å². The molecule has 5 nitrogen and oxygen atoms in total. The Kier molecular flexibility index (Phi) is 3.60. The zero-order chi connectivity index (χ0) is 12.3. The third kappa shape index (κ3) is 2.36. The lowest BCUT2D eigenvalue weighted by molar-refractivity contribution is -0.136. The van der Waals surface area contributed by atoms with Crippen LogP contribution in [0.1, 0.15) is 17.7 Å². The molecule has 0 spiro atoms. The number of aromatic nitrogens is 1. The average Bonchev–Trinajstić information content (AvgIpc) is 2.16. The zero-order valence-corrected chi connectivity index (χ0v) is 8.28. The second-order valence-corrected chi connectivity index (χ2v) is 2.91. The van der Waals surface area contributed by atoms with Crippen LogP contribution in [0.2, 0.25) is 0 Å². The summed E-state index contributed by atoms with van der Waals surface area (Å²) in [7, 11) is 1.15. The number of ether oxygens (including phenoxy) is 1. The van der Waals surface area contributed by atoms with Crippen molar-refractivity contribution in [2.45, 2.75) is 12.8 Å². The van der Waals surface area contributed by atoms with Gasteiger partial charge in [0, 0.05) is 5.56 Å². The van der Waals surface area contributed by atoms with Gasteiger partial charge in [-0.1, -0.05) is 0 Å². The summed E-state index contributed by atoms with van der Waals surface area (Å²) >= 11 is 0. The molecule has 0 saturated heterocycles. The SMILES string of the molecule is COc1c(O)cnc(C(F)F)c1CC(=O)O.